The average molecular weight is 381 g/mol. The minimum Gasteiger partial charge on any atom is -0.496 e. The zero-order valence-electron chi connectivity index (χ0n) is 16.6. The second-order valence-corrected chi connectivity index (χ2v) is 7.27. The number of nitrogens with zero attached hydrogens (tertiary/aromatic N) is 2. The summed E-state index contributed by atoms with van der Waals surface area (Å²) in [5.74, 6) is 0.130. The number of nitrogens with one attached hydrogen (secondary N) is 1. The SMILES string of the molecule is COc1ccccc1CN(CCN(C)C)C(=O)[C@H]1CC(=O)Nc2ccccc21. The molecule has 1 aliphatic rings. The fraction of sp³-hybridized carbons (Fsp3) is 0.364. The van der Waals surface area contributed by atoms with Crippen LogP contribution >= 0.6 is 0 Å². The third-order valence-electron chi connectivity index (χ3n) is 4.98. The fourth-order valence-electron chi connectivity index (χ4n) is 3.48. The van der Waals surface area contributed by atoms with Gasteiger partial charge in [0.15, 0.2) is 0 Å². The maximum atomic E-state index is 13.5. The molecule has 0 bridgehead atoms. The van der Waals surface area contributed by atoms with Gasteiger partial charge in [0, 0.05) is 37.3 Å². The summed E-state index contributed by atoms with van der Waals surface area (Å²) in [6, 6.07) is 15.3. The molecule has 148 valence electrons. The Bertz CT molecular complexity index is 850. The molecule has 2 aromatic carbocycles. The first-order chi connectivity index (χ1) is 13.5. The van der Waals surface area contributed by atoms with Gasteiger partial charge < -0.3 is 19.9 Å². The van der Waals surface area contributed by atoms with Crippen molar-refractivity contribution in [3.63, 3.8) is 0 Å². The number of likely N-dealkylation sites (N-methyl/N-ethyl adjacent to an activating group) is 1. The molecule has 1 aliphatic heterocycles. The van der Waals surface area contributed by atoms with Gasteiger partial charge in [-0.15, -0.1) is 0 Å². The average Bonchev–Trinajstić information content (AvgIpc) is 2.70. The van der Waals surface area contributed by atoms with Crippen LogP contribution < -0.4 is 10.1 Å². The molecule has 28 heavy (non-hydrogen) atoms. The predicted molar refractivity (Wildman–Crippen MR) is 109 cm³/mol. The number of methoxy groups -OCH3 is 1. The van der Waals surface area contributed by atoms with Crippen LogP contribution in [-0.4, -0.2) is 55.9 Å². The fourth-order valence-corrected chi connectivity index (χ4v) is 3.48. The van der Waals surface area contributed by atoms with E-state index in [9.17, 15) is 9.59 Å². The number of rotatable bonds is 7. The lowest BCUT2D eigenvalue weighted by Crippen LogP contribution is -2.41. The van der Waals surface area contributed by atoms with Gasteiger partial charge in [-0.05, 0) is 31.8 Å². The Kier molecular flexibility index (Phi) is 6.31. The van der Waals surface area contributed by atoms with Gasteiger partial charge in [0.2, 0.25) is 11.8 Å². The quantitative estimate of drug-likeness (QED) is 0.801. The van der Waals surface area contributed by atoms with Crippen molar-refractivity contribution in [2.45, 2.75) is 18.9 Å². The largest absolute Gasteiger partial charge is 0.496 e. The van der Waals surface area contributed by atoms with Crippen molar-refractivity contribution in [2.75, 3.05) is 39.6 Å². The first-order valence-corrected chi connectivity index (χ1v) is 9.43. The smallest absolute Gasteiger partial charge is 0.231 e. The van der Waals surface area contributed by atoms with Crippen LogP contribution in [0, 0.1) is 0 Å². The number of ether oxygens (including phenoxy) is 1. The van der Waals surface area contributed by atoms with E-state index in [0.717, 1.165) is 29.1 Å². The van der Waals surface area contributed by atoms with Gasteiger partial charge in [-0.1, -0.05) is 36.4 Å². The van der Waals surface area contributed by atoms with Crippen molar-refractivity contribution in [3.8, 4) is 5.75 Å². The molecule has 2 aromatic rings. The molecule has 2 amide bonds. The number of benzene rings is 2. The van der Waals surface area contributed by atoms with Gasteiger partial charge in [0.05, 0.1) is 13.0 Å². The third-order valence-corrected chi connectivity index (χ3v) is 4.98. The number of amides is 2. The molecule has 0 spiro atoms. The highest BCUT2D eigenvalue weighted by atomic mass is 16.5. The lowest BCUT2D eigenvalue weighted by atomic mass is 9.89. The van der Waals surface area contributed by atoms with Crippen molar-refractivity contribution in [1.29, 1.82) is 0 Å². The third kappa shape index (κ3) is 4.51. The molecule has 1 heterocycles. The van der Waals surface area contributed by atoms with E-state index in [4.69, 9.17) is 4.74 Å². The molecule has 6 heteroatoms. The van der Waals surface area contributed by atoms with E-state index >= 15 is 0 Å². The number of fused-ring (bicyclic) bond motifs is 1. The summed E-state index contributed by atoms with van der Waals surface area (Å²) in [6.07, 6.45) is 0.167. The monoisotopic (exact) mass is 381 g/mol. The summed E-state index contributed by atoms with van der Waals surface area (Å²) in [6.45, 7) is 1.75. The Balaban J connectivity index is 1.89. The molecule has 0 aliphatic carbocycles. The summed E-state index contributed by atoms with van der Waals surface area (Å²) in [5.41, 5.74) is 2.55. The molecule has 0 radical (unpaired) electrons. The number of carbonyl (C=O) groups is 2. The minimum atomic E-state index is -0.471. The topological polar surface area (TPSA) is 61.9 Å². The van der Waals surface area contributed by atoms with E-state index in [1.807, 2.05) is 72.4 Å². The number of anilines is 1. The Labute approximate surface area is 166 Å². The van der Waals surface area contributed by atoms with Crippen molar-refractivity contribution in [3.05, 3.63) is 59.7 Å². The molecule has 0 saturated carbocycles. The van der Waals surface area contributed by atoms with E-state index in [0.29, 0.717) is 13.1 Å². The highest BCUT2D eigenvalue weighted by Crippen LogP contribution is 2.34. The minimum absolute atomic E-state index is 0.0324. The van der Waals surface area contributed by atoms with E-state index in [2.05, 4.69) is 5.32 Å². The Morgan fingerprint density at radius 1 is 1.11 bits per heavy atom. The molecule has 0 saturated heterocycles. The first kappa shape index (κ1) is 19.9. The van der Waals surface area contributed by atoms with Gasteiger partial charge >= 0.3 is 0 Å². The second-order valence-electron chi connectivity index (χ2n) is 7.27. The van der Waals surface area contributed by atoms with Gasteiger partial charge in [-0.2, -0.15) is 0 Å². The van der Waals surface area contributed by atoms with Crippen LogP contribution in [0.15, 0.2) is 48.5 Å². The lowest BCUT2D eigenvalue weighted by molar-refractivity contribution is -0.135. The Hall–Kier alpha value is -2.86. The van der Waals surface area contributed by atoms with Crippen LogP contribution in [0.5, 0.6) is 5.75 Å². The molecular formula is C22H27N3O3. The molecular weight excluding hydrogens is 354 g/mol. The zero-order valence-corrected chi connectivity index (χ0v) is 16.6. The Morgan fingerprint density at radius 3 is 2.57 bits per heavy atom. The number of para-hydroxylation sites is 2. The van der Waals surface area contributed by atoms with Crippen LogP contribution in [0.3, 0.4) is 0 Å². The zero-order chi connectivity index (χ0) is 20.1. The van der Waals surface area contributed by atoms with Gasteiger partial charge in [0.1, 0.15) is 5.75 Å². The molecule has 6 nitrogen and oxygen atoms in total. The van der Waals surface area contributed by atoms with Crippen LogP contribution in [0.25, 0.3) is 0 Å². The van der Waals surface area contributed by atoms with Crippen LogP contribution in [0.2, 0.25) is 0 Å². The second kappa shape index (κ2) is 8.89. The molecule has 1 N–H and O–H groups in total. The number of hydrogen-bond acceptors (Lipinski definition) is 4. The van der Waals surface area contributed by atoms with E-state index in [1.165, 1.54) is 0 Å². The predicted octanol–water partition coefficient (Wildman–Crippen LogP) is 2.71. The highest BCUT2D eigenvalue weighted by molar-refractivity contribution is 6.01. The van der Waals surface area contributed by atoms with Crippen LogP contribution in [0.4, 0.5) is 5.69 Å². The number of hydrogen-bond donors (Lipinski definition) is 1. The molecule has 3 rings (SSSR count). The van der Waals surface area contributed by atoms with Gasteiger partial charge in [0.25, 0.3) is 0 Å². The summed E-state index contributed by atoms with van der Waals surface area (Å²) in [4.78, 5) is 29.6. The lowest BCUT2D eigenvalue weighted by Gasteiger charge is -2.31. The molecule has 0 aromatic heterocycles. The van der Waals surface area contributed by atoms with E-state index < -0.39 is 5.92 Å². The summed E-state index contributed by atoms with van der Waals surface area (Å²) in [7, 11) is 5.59. The highest BCUT2D eigenvalue weighted by Gasteiger charge is 2.33. The van der Waals surface area contributed by atoms with Gasteiger partial charge in [-0.25, -0.2) is 0 Å². The van der Waals surface area contributed by atoms with Crippen molar-refractivity contribution in [1.82, 2.24) is 9.80 Å². The van der Waals surface area contributed by atoms with Crippen LogP contribution in [0.1, 0.15) is 23.5 Å². The van der Waals surface area contributed by atoms with Crippen molar-refractivity contribution in [2.24, 2.45) is 0 Å². The molecule has 0 fully saturated rings. The number of carbonyl (C=O) groups excluding carboxylic acids is 2. The maximum absolute atomic E-state index is 13.5. The van der Waals surface area contributed by atoms with E-state index in [-0.39, 0.29) is 18.2 Å². The normalized spacial score (nSPS) is 15.7. The standard InChI is InChI=1S/C22H27N3O3/c1-24(2)12-13-25(15-16-8-4-7-11-20(16)28-3)22(27)18-14-21(26)23-19-10-6-5-9-17(18)19/h4-11,18H,12-15H2,1-3H3,(H,23,26)/t18-/m0/s1. The van der Waals surface area contributed by atoms with Crippen molar-refractivity contribution < 1.29 is 14.3 Å². The summed E-state index contributed by atoms with van der Waals surface area (Å²) in [5, 5.41) is 2.86. The van der Waals surface area contributed by atoms with Gasteiger partial charge in [-0.3, -0.25) is 9.59 Å². The molecule has 0 unspecified atom stereocenters. The maximum Gasteiger partial charge on any atom is 0.231 e. The van der Waals surface area contributed by atoms with Crippen molar-refractivity contribution >= 4 is 17.5 Å². The van der Waals surface area contributed by atoms with Crippen LogP contribution in [-0.2, 0) is 16.1 Å². The van der Waals surface area contributed by atoms with E-state index in [1.54, 1.807) is 7.11 Å². The first-order valence-electron chi connectivity index (χ1n) is 9.43. The summed E-state index contributed by atoms with van der Waals surface area (Å²) < 4.78 is 5.46. The Morgan fingerprint density at radius 2 is 1.82 bits per heavy atom. The molecule has 1 atom stereocenters. The summed E-state index contributed by atoms with van der Waals surface area (Å²) >= 11 is 0.